The number of amides is 1. The van der Waals surface area contributed by atoms with Gasteiger partial charge in [0.15, 0.2) is 0 Å². The fraction of sp³-hybridized carbons (Fsp3) is 0.417. The van der Waals surface area contributed by atoms with Gasteiger partial charge in [0.05, 0.1) is 6.10 Å². The van der Waals surface area contributed by atoms with E-state index >= 15 is 0 Å². The predicted molar refractivity (Wildman–Crippen MR) is 63.9 cm³/mol. The molecule has 5 heteroatoms. The van der Waals surface area contributed by atoms with Gasteiger partial charge < -0.3 is 20.3 Å². The second-order valence-electron chi connectivity index (χ2n) is 3.82. The summed E-state index contributed by atoms with van der Waals surface area (Å²) in [5.74, 6) is 0.432. The van der Waals surface area contributed by atoms with Crippen LogP contribution in [0.5, 0.6) is 5.75 Å². The van der Waals surface area contributed by atoms with Gasteiger partial charge in [0, 0.05) is 12.6 Å². The lowest BCUT2D eigenvalue weighted by Crippen LogP contribution is -2.29. The highest BCUT2D eigenvalue weighted by molar-refractivity contribution is 5.88. The van der Waals surface area contributed by atoms with Crippen LogP contribution < -0.4 is 10.1 Å². The summed E-state index contributed by atoms with van der Waals surface area (Å²) in [5.41, 5.74) is 0.681. The summed E-state index contributed by atoms with van der Waals surface area (Å²) in [6.45, 7) is 2.95. The van der Waals surface area contributed by atoms with Gasteiger partial charge in [-0.05, 0) is 31.2 Å². The van der Waals surface area contributed by atoms with Crippen LogP contribution in [0.1, 0.15) is 13.8 Å². The maximum atomic E-state index is 10.8. The van der Waals surface area contributed by atoms with E-state index in [1.165, 1.54) is 13.8 Å². The fourth-order valence-corrected chi connectivity index (χ4v) is 1.16. The van der Waals surface area contributed by atoms with Gasteiger partial charge in [-0.25, -0.2) is 0 Å². The Labute approximate surface area is 100 Å². The van der Waals surface area contributed by atoms with Crippen molar-refractivity contribution in [3.63, 3.8) is 0 Å². The minimum absolute atomic E-state index is 0.0250. The van der Waals surface area contributed by atoms with Crippen LogP contribution in [-0.4, -0.2) is 34.9 Å². The quantitative estimate of drug-likeness (QED) is 0.709. The van der Waals surface area contributed by atoms with E-state index in [0.717, 1.165) is 0 Å². The Morgan fingerprint density at radius 2 is 1.94 bits per heavy atom. The summed E-state index contributed by atoms with van der Waals surface area (Å²) in [6.07, 6.45) is -1.74. The number of aliphatic hydroxyl groups excluding tert-OH is 2. The van der Waals surface area contributed by atoms with E-state index in [9.17, 15) is 9.90 Å². The Morgan fingerprint density at radius 1 is 1.35 bits per heavy atom. The molecule has 0 heterocycles. The number of rotatable bonds is 5. The molecule has 0 bridgehead atoms. The Morgan fingerprint density at radius 3 is 2.41 bits per heavy atom. The van der Waals surface area contributed by atoms with Crippen molar-refractivity contribution in [2.45, 2.75) is 26.1 Å². The maximum absolute atomic E-state index is 10.8. The molecule has 0 aliphatic rings. The Balaban J connectivity index is 2.48. The van der Waals surface area contributed by atoms with Crippen molar-refractivity contribution < 1.29 is 19.7 Å². The van der Waals surface area contributed by atoms with Gasteiger partial charge in [-0.3, -0.25) is 4.79 Å². The van der Waals surface area contributed by atoms with E-state index in [4.69, 9.17) is 9.84 Å². The second kappa shape index (κ2) is 6.22. The third kappa shape index (κ3) is 4.84. The van der Waals surface area contributed by atoms with E-state index < -0.39 is 12.2 Å². The van der Waals surface area contributed by atoms with Crippen molar-refractivity contribution in [2.75, 3.05) is 11.9 Å². The number of carbonyl (C=O) groups excluding carboxylic acids is 1. The van der Waals surface area contributed by atoms with E-state index in [-0.39, 0.29) is 12.5 Å². The highest BCUT2D eigenvalue weighted by atomic mass is 16.5. The molecule has 1 aromatic rings. The largest absolute Gasteiger partial charge is 0.491 e. The number of benzene rings is 1. The molecule has 0 aliphatic heterocycles. The Hall–Kier alpha value is -1.59. The first-order chi connectivity index (χ1) is 7.99. The van der Waals surface area contributed by atoms with Crippen molar-refractivity contribution >= 4 is 11.6 Å². The molecule has 0 aromatic heterocycles. The smallest absolute Gasteiger partial charge is 0.221 e. The van der Waals surface area contributed by atoms with Gasteiger partial charge in [0.25, 0.3) is 0 Å². The molecular weight excluding hydrogens is 222 g/mol. The average Bonchev–Trinajstić information content (AvgIpc) is 2.26. The van der Waals surface area contributed by atoms with Gasteiger partial charge in [-0.2, -0.15) is 0 Å². The number of hydrogen-bond donors (Lipinski definition) is 3. The summed E-state index contributed by atoms with van der Waals surface area (Å²) < 4.78 is 5.27. The third-order valence-electron chi connectivity index (χ3n) is 2.15. The highest BCUT2D eigenvalue weighted by Gasteiger charge is 2.11. The van der Waals surface area contributed by atoms with Gasteiger partial charge in [-0.1, -0.05) is 0 Å². The number of carbonyl (C=O) groups is 1. The molecule has 17 heavy (non-hydrogen) atoms. The van der Waals surface area contributed by atoms with Crippen molar-refractivity contribution in [2.24, 2.45) is 0 Å². The number of aliphatic hydroxyl groups is 2. The number of anilines is 1. The summed E-state index contributed by atoms with van der Waals surface area (Å²) in [6, 6.07) is 6.76. The fourth-order valence-electron chi connectivity index (χ4n) is 1.16. The SMILES string of the molecule is CC(=O)Nc1ccc(OCC(O)C(C)O)cc1. The van der Waals surface area contributed by atoms with Crippen LogP contribution in [-0.2, 0) is 4.79 Å². The average molecular weight is 239 g/mol. The van der Waals surface area contributed by atoms with Crippen LogP contribution in [0.3, 0.4) is 0 Å². The number of hydrogen-bond acceptors (Lipinski definition) is 4. The summed E-state index contributed by atoms with van der Waals surface area (Å²) in [5, 5.41) is 21.0. The molecular formula is C12H17NO4. The van der Waals surface area contributed by atoms with Crippen LogP contribution in [0, 0.1) is 0 Å². The first-order valence-electron chi connectivity index (χ1n) is 5.35. The van der Waals surface area contributed by atoms with Gasteiger partial charge in [0.2, 0.25) is 5.91 Å². The van der Waals surface area contributed by atoms with E-state index in [0.29, 0.717) is 11.4 Å². The normalized spacial score (nSPS) is 13.9. The molecule has 0 saturated carbocycles. The highest BCUT2D eigenvalue weighted by Crippen LogP contribution is 2.15. The lowest BCUT2D eigenvalue weighted by atomic mass is 10.2. The summed E-state index contributed by atoms with van der Waals surface area (Å²) in [4.78, 5) is 10.8. The van der Waals surface area contributed by atoms with E-state index in [2.05, 4.69) is 5.32 Å². The summed E-state index contributed by atoms with van der Waals surface area (Å²) >= 11 is 0. The van der Waals surface area contributed by atoms with E-state index in [1.807, 2.05) is 0 Å². The zero-order valence-electron chi connectivity index (χ0n) is 9.88. The molecule has 5 nitrogen and oxygen atoms in total. The molecule has 0 aliphatic carbocycles. The maximum Gasteiger partial charge on any atom is 0.221 e. The Kier molecular flexibility index (Phi) is 4.93. The third-order valence-corrected chi connectivity index (χ3v) is 2.15. The van der Waals surface area contributed by atoms with Crippen LogP contribution in [0.2, 0.25) is 0 Å². The van der Waals surface area contributed by atoms with Gasteiger partial charge in [-0.15, -0.1) is 0 Å². The molecule has 2 atom stereocenters. The van der Waals surface area contributed by atoms with Crippen LogP contribution >= 0.6 is 0 Å². The van der Waals surface area contributed by atoms with Gasteiger partial charge >= 0.3 is 0 Å². The Bertz CT molecular complexity index is 361. The number of nitrogens with one attached hydrogen (secondary N) is 1. The molecule has 1 amide bonds. The lowest BCUT2D eigenvalue weighted by Gasteiger charge is -2.14. The standard InChI is InChI=1S/C12H17NO4/c1-8(14)12(16)7-17-11-5-3-10(4-6-11)13-9(2)15/h3-6,8,12,14,16H,7H2,1-2H3,(H,13,15). The zero-order chi connectivity index (χ0) is 12.8. The van der Waals surface area contributed by atoms with Crippen LogP contribution in [0.25, 0.3) is 0 Å². The topological polar surface area (TPSA) is 78.8 Å². The molecule has 94 valence electrons. The van der Waals surface area contributed by atoms with Crippen molar-refractivity contribution in [1.82, 2.24) is 0 Å². The second-order valence-corrected chi connectivity index (χ2v) is 3.82. The van der Waals surface area contributed by atoms with E-state index in [1.54, 1.807) is 24.3 Å². The molecule has 0 spiro atoms. The number of ether oxygens (including phenoxy) is 1. The molecule has 0 fully saturated rings. The predicted octanol–water partition coefficient (Wildman–Crippen LogP) is 0.765. The molecule has 1 rings (SSSR count). The monoisotopic (exact) mass is 239 g/mol. The zero-order valence-corrected chi connectivity index (χ0v) is 9.88. The van der Waals surface area contributed by atoms with Crippen molar-refractivity contribution in [3.8, 4) is 5.75 Å². The molecule has 0 radical (unpaired) electrons. The minimum Gasteiger partial charge on any atom is -0.491 e. The van der Waals surface area contributed by atoms with Crippen LogP contribution in [0.4, 0.5) is 5.69 Å². The molecule has 3 N–H and O–H groups in total. The minimum atomic E-state index is -0.912. The van der Waals surface area contributed by atoms with Crippen LogP contribution in [0.15, 0.2) is 24.3 Å². The molecule has 1 aromatic carbocycles. The first-order valence-corrected chi connectivity index (χ1v) is 5.35. The molecule has 0 saturated heterocycles. The van der Waals surface area contributed by atoms with Crippen molar-refractivity contribution in [1.29, 1.82) is 0 Å². The summed E-state index contributed by atoms with van der Waals surface area (Å²) in [7, 11) is 0. The van der Waals surface area contributed by atoms with Crippen molar-refractivity contribution in [3.05, 3.63) is 24.3 Å². The lowest BCUT2D eigenvalue weighted by molar-refractivity contribution is -0.114. The molecule has 2 unspecified atom stereocenters. The first kappa shape index (κ1) is 13.5. The van der Waals surface area contributed by atoms with Gasteiger partial charge in [0.1, 0.15) is 18.5 Å².